The van der Waals surface area contributed by atoms with Crippen LogP contribution in [-0.4, -0.2) is 47.5 Å². The lowest BCUT2D eigenvalue weighted by Crippen LogP contribution is -2.46. The molecule has 4 amide bonds. The molecule has 2 aromatic carbocycles. The molecule has 0 saturated carbocycles. The first-order valence-electron chi connectivity index (χ1n) is 10.9. The van der Waals surface area contributed by atoms with Crippen LogP contribution in [0.2, 0.25) is 0 Å². The number of rotatable bonds is 6. The molecule has 3 heterocycles. The first-order valence-corrected chi connectivity index (χ1v) is 11.7. The Morgan fingerprint density at radius 2 is 1.73 bits per heavy atom. The second kappa shape index (κ2) is 8.80. The second-order valence-electron chi connectivity index (χ2n) is 7.87. The number of amides is 4. The van der Waals surface area contributed by atoms with Gasteiger partial charge in [-0.05, 0) is 48.1 Å². The van der Waals surface area contributed by atoms with Gasteiger partial charge in [0.2, 0.25) is 0 Å². The van der Waals surface area contributed by atoms with E-state index in [9.17, 15) is 14.4 Å². The maximum atomic E-state index is 13.3. The van der Waals surface area contributed by atoms with Crippen molar-refractivity contribution in [3.63, 3.8) is 0 Å². The largest absolute Gasteiger partial charge is 0.492 e. The van der Waals surface area contributed by atoms with Gasteiger partial charge in [-0.25, -0.2) is 14.6 Å². The molecular formula is C25H23N3O4S. The summed E-state index contributed by atoms with van der Waals surface area (Å²) in [5.74, 6) is -1.30. The fourth-order valence-electron chi connectivity index (χ4n) is 4.49. The number of anilines is 1. The molecule has 2 aliphatic heterocycles. The minimum atomic E-state index is -0.864. The van der Waals surface area contributed by atoms with Crippen molar-refractivity contribution in [3.8, 4) is 5.75 Å². The highest BCUT2D eigenvalue weighted by Gasteiger charge is 2.47. The number of hydrogen-bond donors (Lipinski definition) is 0. The smallest absolute Gasteiger partial charge is 0.340 e. The Labute approximate surface area is 195 Å². The summed E-state index contributed by atoms with van der Waals surface area (Å²) in [6.07, 6.45) is 0.831. The van der Waals surface area contributed by atoms with Gasteiger partial charge in [0, 0.05) is 11.4 Å². The summed E-state index contributed by atoms with van der Waals surface area (Å²) in [7, 11) is 0. The van der Waals surface area contributed by atoms with Gasteiger partial charge in [0.25, 0.3) is 0 Å². The molecule has 0 spiro atoms. The standard InChI is InChI=1S/C25H23N3O4S/c1-2-32-20-11-7-6-10-19(20)28-24(30)23(29)27(25(28)31)16-26-14-12-21-18(13-15-33-21)22(26)17-8-4-3-5-9-17/h3-11,13,15,22H,2,12,14,16H2,1H3/t22-/m0/s1. The van der Waals surface area contributed by atoms with Gasteiger partial charge in [-0.2, -0.15) is 0 Å². The Balaban J connectivity index is 1.46. The molecule has 7 nitrogen and oxygen atoms in total. The molecule has 1 saturated heterocycles. The van der Waals surface area contributed by atoms with Gasteiger partial charge in [-0.15, -0.1) is 11.3 Å². The normalized spacial score (nSPS) is 18.7. The van der Waals surface area contributed by atoms with E-state index in [1.54, 1.807) is 35.6 Å². The molecule has 33 heavy (non-hydrogen) atoms. The minimum Gasteiger partial charge on any atom is -0.492 e. The van der Waals surface area contributed by atoms with Crippen LogP contribution in [-0.2, 0) is 16.0 Å². The Morgan fingerprint density at radius 1 is 0.970 bits per heavy atom. The highest BCUT2D eigenvalue weighted by atomic mass is 32.1. The van der Waals surface area contributed by atoms with E-state index in [1.807, 2.05) is 37.3 Å². The van der Waals surface area contributed by atoms with Gasteiger partial charge >= 0.3 is 17.8 Å². The third-order valence-electron chi connectivity index (χ3n) is 5.96. The van der Waals surface area contributed by atoms with Crippen LogP contribution in [0, 0.1) is 0 Å². The molecule has 2 aliphatic rings. The zero-order valence-electron chi connectivity index (χ0n) is 18.1. The van der Waals surface area contributed by atoms with Crippen LogP contribution >= 0.6 is 11.3 Å². The maximum Gasteiger partial charge on any atom is 0.340 e. The molecule has 0 bridgehead atoms. The number of fused-ring (bicyclic) bond motifs is 1. The Morgan fingerprint density at radius 3 is 2.52 bits per heavy atom. The maximum absolute atomic E-state index is 13.3. The summed E-state index contributed by atoms with van der Waals surface area (Å²) in [6.45, 7) is 2.90. The molecule has 0 radical (unpaired) electrons. The molecule has 3 aromatic rings. The van der Waals surface area contributed by atoms with Crippen LogP contribution in [0.3, 0.4) is 0 Å². The van der Waals surface area contributed by atoms with E-state index in [-0.39, 0.29) is 18.4 Å². The van der Waals surface area contributed by atoms with E-state index in [4.69, 9.17) is 4.74 Å². The van der Waals surface area contributed by atoms with Gasteiger partial charge in [0.15, 0.2) is 0 Å². The molecule has 0 aliphatic carbocycles. The molecule has 1 aromatic heterocycles. The van der Waals surface area contributed by atoms with Gasteiger partial charge in [0.1, 0.15) is 5.75 Å². The first kappa shape index (κ1) is 21.4. The fourth-order valence-corrected chi connectivity index (χ4v) is 5.39. The van der Waals surface area contributed by atoms with Crippen LogP contribution in [0.5, 0.6) is 5.75 Å². The molecule has 5 rings (SSSR count). The number of para-hydroxylation sites is 2. The molecule has 1 atom stereocenters. The highest BCUT2D eigenvalue weighted by molar-refractivity contribution is 7.10. The zero-order chi connectivity index (χ0) is 22.9. The lowest BCUT2D eigenvalue weighted by atomic mass is 9.94. The van der Waals surface area contributed by atoms with E-state index >= 15 is 0 Å². The van der Waals surface area contributed by atoms with E-state index in [0.717, 1.165) is 21.8 Å². The molecule has 168 valence electrons. The summed E-state index contributed by atoms with van der Waals surface area (Å²) in [4.78, 5) is 44.5. The number of imide groups is 2. The van der Waals surface area contributed by atoms with Crippen molar-refractivity contribution in [1.29, 1.82) is 0 Å². The predicted molar refractivity (Wildman–Crippen MR) is 125 cm³/mol. The monoisotopic (exact) mass is 461 g/mol. The molecule has 8 heteroatoms. The van der Waals surface area contributed by atoms with Gasteiger partial charge in [-0.1, -0.05) is 42.5 Å². The molecule has 1 fully saturated rings. The third kappa shape index (κ3) is 3.71. The number of thiophene rings is 1. The van der Waals surface area contributed by atoms with E-state index in [0.29, 0.717) is 18.9 Å². The van der Waals surface area contributed by atoms with E-state index in [1.165, 1.54) is 10.4 Å². The van der Waals surface area contributed by atoms with Crippen molar-refractivity contribution in [2.45, 2.75) is 19.4 Å². The van der Waals surface area contributed by atoms with Crippen LogP contribution in [0.15, 0.2) is 66.0 Å². The van der Waals surface area contributed by atoms with Crippen LogP contribution in [0.25, 0.3) is 0 Å². The predicted octanol–water partition coefficient (Wildman–Crippen LogP) is 4.05. The first-order chi connectivity index (χ1) is 16.1. The van der Waals surface area contributed by atoms with Crippen LogP contribution < -0.4 is 9.64 Å². The summed E-state index contributed by atoms with van der Waals surface area (Å²) in [5, 5.41) is 2.08. The SMILES string of the molecule is CCOc1ccccc1N1C(=O)C(=O)N(CN2CCc3sccc3[C@@H]2c2ccccc2)C1=O. The summed E-state index contributed by atoms with van der Waals surface area (Å²) >= 11 is 1.72. The quantitative estimate of drug-likeness (QED) is 0.409. The Hall–Kier alpha value is -3.49. The number of hydrogen-bond acceptors (Lipinski definition) is 6. The summed E-state index contributed by atoms with van der Waals surface area (Å²) in [6, 6.07) is 18.1. The van der Waals surface area contributed by atoms with Gasteiger partial charge < -0.3 is 4.74 Å². The summed E-state index contributed by atoms with van der Waals surface area (Å²) < 4.78 is 5.59. The number of nitrogens with zero attached hydrogens (tertiary/aromatic N) is 3. The number of urea groups is 1. The van der Waals surface area contributed by atoms with Crippen molar-refractivity contribution in [2.24, 2.45) is 0 Å². The van der Waals surface area contributed by atoms with Gasteiger partial charge in [-0.3, -0.25) is 14.5 Å². The Kier molecular flexibility index (Phi) is 5.70. The lowest BCUT2D eigenvalue weighted by Gasteiger charge is -2.37. The van der Waals surface area contributed by atoms with Crippen molar-refractivity contribution in [2.75, 3.05) is 24.7 Å². The summed E-state index contributed by atoms with van der Waals surface area (Å²) in [5.41, 5.74) is 2.55. The van der Waals surface area contributed by atoms with E-state index in [2.05, 4.69) is 16.3 Å². The molecule has 0 unspecified atom stereocenters. The second-order valence-corrected chi connectivity index (χ2v) is 8.87. The fraction of sp³-hybridized carbons (Fsp3) is 0.240. The number of ether oxygens (including phenoxy) is 1. The number of carbonyl (C=O) groups excluding carboxylic acids is 3. The Bertz CT molecular complexity index is 1210. The zero-order valence-corrected chi connectivity index (χ0v) is 19.0. The lowest BCUT2D eigenvalue weighted by molar-refractivity contribution is -0.140. The number of carbonyl (C=O) groups is 3. The highest BCUT2D eigenvalue weighted by Crippen LogP contribution is 2.38. The van der Waals surface area contributed by atoms with Crippen LogP contribution in [0.1, 0.15) is 29.0 Å². The average molecular weight is 462 g/mol. The average Bonchev–Trinajstić information content (AvgIpc) is 3.39. The molecular weight excluding hydrogens is 438 g/mol. The minimum absolute atomic E-state index is 0.0333. The molecule has 0 N–H and O–H groups in total. The van der Waals surface area contributed by atoms with Crippen molar-refractivity contribution in [1.82, 2.24) is 9.80 Å². The van der Waals surface area contributed by atoms with Crippen LogP contribution in [0.4, 0.5) is 10.5 Å². The topological polar surface area (TPSA) is 70.2 Å². The van der Waals surface area contributed by atoms with E-state index < -0.39 is 17.8 Å². The van der Waals surface area contributed by atoms with Crippen molar-refractivity contribution < 1.29 is 19.1 Å². The van der Waals surface area contributed by atoms with Gasteiger partial charge in [0.05, 0.1) is 25.0 Å². The number of benzene rings is 2. The van der Waals surface area contributed by atoms with Crippen molar-refractivity contribution in [3.05, 3.63) is 82.0 Å². The van der Waals surface area contributed by atoms with Crippen molar-refractivity contribution >= 4 is 34.9 Å². The third-order valence-corrected chi connectivity index (χ3v) is 6.96.